The molecule has 0 fully saturated rings. The van der Waals surface area contributed by atoms with Crippen LogP contribution in [0.3, 0.4) is 0 Å². The molecule has 156 valence electrons. The maximum atomic E-state index is 12.4. The molecule has 0 unspecified atom stereocenters. The predicted molar refractivity (Wildman–Crippen MR) is 98.1 cm³/mol. The van der Waals surface area contributed by atoms with Gasteiger partial charge in [-0.25, -0.2) is 4.79 Å². The van der Waals surface area contributed by atoms with Gasteiger partial charge in [0.1, 0.15) is 11.3 Å². The Kier molecular flexibility index (Phi) is 7.58. The molecule has 1 N–H and O–H groups in total. The molecular weight excluding hydrogens is 392 g/mol. The van der Waals surface area contributed by atoms with Gasteiger partial charge in [-0.2, -0.15) is 8.78 Å². The van der Waals surface area contributed by atoms with Crippen LogP contribution in [-0.2, 0) is 9.53 Å². The Morgan fingerprint density at radius 2 is 1.62 bits per heavy atom. The zero-order valence-corrected chi connectivity index (χ0v) is 15.9. The van der Waals surface area contributed by atoms with E-state index in [0.717, 1.165) is 0 Å². The van der Waals surface area contributed by atoms with Gasteiger partial charge in [0.2, 0.25) is 5.75 Å². The fourth-order valence-corrected chi connectivity index (χ4v) is 2.43. The van der Waals surface area contributed by atoms with Crippen LogP contribution < -0.4 is 24.3 Å². The Hall–Kier alpha value is -3.56. The minimum absolute atomic E-state index is 0.0116. The van der Waals surface area contributed by atoms with Gasteiger partial charge in [0.15, 0.2) is 18.1 Å². The van der Waals surface area contributed by atoms with E-state index in [1.807, 2.05) is 0 Å². The number of amides is 1. The number of esters is 1. The molecule has 1 amide bonds. The molecule has 0 aliphatic rings. The molecule has 0 atom stereocenters. The zero-order chi connectivity index (χ0) is 21.4. The van der Waals surface area contributed by atoms with Gasteiger partial charge < -0.3 is 29.0 Å². The Labute approximate surface area is 165 Å². The topological polar surface area (TPSA) is 92.3 Å². The summed E-state index contributed by atoms with van der Waals surface area (Å²) < 4.78 is 49.7. The predicted octanol–water partition coefficient (Wildman–Crippen LogP) is 3.11. The smallest absolute Gasteiger partial charge is 0.387 e. The van der Waals surface area contributed by atoms with Gasteiger partial charge >= 0.3 is 12.6 Å². The second-order valence-electron chi connectivity index (χ2n) is 5.38. The summed E-state index contributed by atoms with van der Waals surface area (Å²) in [6.45, 7) is -3.72. The lowest BCUT2D eigenvalue weighted by Crippen LogP contribution is -2.21. The third-order valence-electron chi connectivity index (χ3n) is 3.64. The van der Waals surface area contributed by atoms with Crippen molar-refractivity contribution in [2.24, 2.45) is 0 Å². The second kappa shape index (κ2) is 10.1. The summed E-state index contributed by atoms with van der Waals surface area (Å²) in [4.78, 5) is 24.4. The van der Waals surface area contributed by atoms with E-state index in [2.05, 4.69) is 10.1 Å². The lowest BCUT2D eigenvalue weighted by Gasteiger charge is -2.15. The third-order valence-corrected chi connectivity index (χ3v) is 3.64. The monoisotopic (exact) mass is 411 g/mol. The summed E-state index contributed by atoms with van der Waals surface area (Å²) in [5.74, 6) is -1.21. The van der Waals surface area contributed by atoms with E-state index < -0.39 is 25.1 Å². The quantitative estimate of drug-likeness (QED) is 0.634. The van der Waals surface area contributed by atoms with Crippen LogP contribution in [0, 0.1) is 0 Å². The van der Waals surface area contributed by atoms with E-state index in [1.165, 1.54) is 57.7 Å². The van der Waals surface area contributed by atoms with Gasteiger partial charge in [0.05, 0.1) is 27.0 Å². The zero-order valence-electron chi connectivity index (χ0n) is 15.9. The summed E-state index contributed by atoms with van der Waals surface area (Å²) in [5.41, 5.74) is 0.0249. The van der Waals surface area contributed by atoms with Crippen molar-refractivity contribution in [3.8, 4) is 23.0 Å². The Bertz CT molecular complexity index is 874. The van der Waals surface area contributed by atoms with Crippen molar-refractivity contribution in [3.63, 3.8) is 0 Å². The van der Waals surface area contributed by atoms with Gasteiger partial charge in [-0.3, -0.25) is 4.79 Å². The van der Waals surface area contributed by atoms with E-state index in [-0.39, 0.29) is 28.5 Å². The van der Waals surface area contributed by atoms with Gasteiger partial charge in [-0.15, -0.1) is 0 Å². The van der Waals surface area contributed by atoms with Crippen molar-refractivity contribution in [1.82, 2.24) is 0 Å². The lowest BCUT2D eigenvalue weighted by molar-refractivity contribution is -0.119. The molecule has 0 aliphatic heterocycles. The molecule has 0 saturated heterocycles. The Morgan fingerprint density at radius 1 is 0.931 bits per heavy atom. The van der Waals surface area contributed by atoms with Crippen LogP contribution in [-0.4, -0.2) is 46.4 Å². The normalized spacial score (nSPS) is 10.3. The van der Waals surface area contributed by atoms with Crippen molar-refractivity contribution in [1.29, 1.82) is 0 Å². The maximum Gasteiger partial charge on any atom is 0.387 e. The molecule has 0 spiro atoms. The Morgan fingerprint density at radius 3 is 2.24 bits per heavy atom. The highest BCUT2D eigenvalue weighted by atomic mass is 19.3. The first-order chi connectivity index (χ1) is 13.9. The number of halogens is 2. The van der Waals surface area contributed by atoms with Crippen LogP contribution in [0.4, 0.5) is 14.5 Å². The van der Waals surface area contributed by atoms with Crippen LogP contribution in [0.1, 0.15) is 10.4 Å². The first-order valence-corrected chi connectivity index (χ1v) is 8.21. The number of ether oxygens (including phenoxy) is 5. The van der Waals surface area contributed by atoms with E-state index >= 15 is 0 Å². The average Bonchev–Trinajstić information content (AvgIpc) is 2.71. The van der Waals surface area contributed by atoms with Crippen molar-refractivity contribution in [2.75, 3.05) is 33.3 Å². The largest absolute Gasteiger partial charge is 0.493 e. The second-order valence-corrected chi connectivity index (χ2v) is 5.38. The standard InChI is InChI=1S/C19H19F2NO7/c1-25-14-9-8-11(16(26-2)17(14)27-3)18(24)28-10-15(23)22-12-6-4-5-7-13(12)29-19(20)21/h4-9,19H,10H2,1-3H3,(H,22,23). The summed E-state index contributed by atoms with van der Waals surface area (Å²) in [6, 6.07) is 8.50. The van der Waals surface area contributed by atoms with E-state index in [1.54, 1.807) is 0 Å². The highest BCUT2D eigenvalue weighted by Gasteiger charge is 2.22. The molecule has 2 aromatic carbocycles. The minimum atomic E-state index is -3.05. The van der Waals surface area contributed by atoms with Crippen LogP contribution in [0.5, 0.6) is 23.0 Å². The number of nitrogens with one attached hydrogen (secondary N) is 1. The van der Waals surface area contributed by atoms with E-state index in [4.69, 9.17) is 18.9 Å². The lowest BCUT2D eigenvalue weighted by atomic mass is 10.1. The molecule has 2 rings (SSSR count). The molecule has 10 heteroatoms. The first-order valence-electron chi connectivity index (χ1n) is 8.21. The molecule has 0 bridgehead atoms. The van der Waals surface area contributed by atoms with Crippen LogP contribution in [0.15, 0.2) is 36.4 Å². The van der Waals surface area contributed by atoms with Crippen molar-refractivity contribution < 1.29 is 42.1 Å². The maximum absolute atomic E-state index is 12.4. The number of alkyl halides is 2. The highest BCUT2D eigenvalue weighted by molar-refractivity contribution is 5.98. The summed E-state index contributed by atoms with van der Waals surface area (Å²) >= 11 is 0. The average molecular weight is 411 g/mol. The van der Waals surface area contributed by atoms with Crippen LogP contribution in [0.25, 0.3) is 0 Å². The summed E-state index contributed by atoms with van der Waals surface area (Å²) in [5, 5.41) is 2.34. The first kappa shape index (κ1) is 21.7. The van der Waals surface area contributed by atoms with Gasteiger partial charge in [-0.1, -0.05) is 12.1 Å². The SMILES string of the molecule is COc1ccc(C(=O)OCC(=O)Nc2ccccc2OC(F)F)c(OC)c1OC. The molecule has 0 aromatic heterocycles. The third kappa shape index (κ3) is 5.47. The molecular formula is C19H19F2NO7. The molecule has 0 aliphatic carbocycles. The van der Waals surface area contributed by atoms with Crippen LogP contribution >= 0.6 is 0 Å². The van der Waals surface area contributed by atoms with E-state index in [0.29, 0.717) is 5.75 Å². The number of carbonyl (C=O) groups excluding carboxylic acids is 2. The van der Waals surface area contributed by atoms with Crippen molar-refractivity contribution in [3.05, 3.63) is 42.0 Å². The molecule has 2 aromatic rings. The summed E-state index contributed by atoms with van der Waals surface area (Å²) in [6.07, 6.45) is 0. The van der Waals surface area contributed by atoms with E-state index in [9.17, 15) is 18.4 Å². The van der Waals surface area contributed by atoms with Gasteiger partial charge in [0.25, 0.3) is 5.91 Å². The van der Waals surface area contributed by atoms with Gasteiger partial charge in [0, 0.05) is 0 Å². The molecule has 8 nitrogen and oxygen atoms in total. The highest BCUT2D eigenvalue weighted by Crippen LogP contribution is 2.39. The van der Waals surface area contributed by atoms with Crippen molar-refractivity contribution in [2.45, 2.75) is 6.61 Å². The fourth-order valence-electron chi connectivity index (χ4n) is 2.43. The molecule has 29 heavy (non-hydrogen) atoms. The number of rotatable bonds is 9. The molecule has 0 saturated carbocycles. The number of hydrogen-bond acceptors (Lipinski definition) is 7. The number of para-hydroxylation sites is 2. The summed E-state index contributed by atoms with van der Waals surface area (Å²) in [7, 11) is 4.14. The van der Waals surface area contributed by atoms with Crippen LogP contribution in [0.2, 0.25) is 0 Å². The minimum Gasteiger partial charge on any atom is -0.493 e. The van der Waals surface area contributed by atoms with Crippen molar-refractivity contribution >= 4 is 17.6 Å². The molecule has 0 heterocycles. The fraction of sp³-hybridized carbons (Fsp3) is 0.263. The number of benzene rings is 2. The molecule has 0 radical (unpaired) electrons. The Balaban J connectivity index is 2.07. The number of methoxy groups -OCH3 is 3. The number of anilines is 1. The number of carbonyl (C=O) groups is 2. The van der Waals surface area contributed by atoms with Gasteiger partial charge in [-0.05, 0) is 24.3 Å². The number of hydrogen-bond donors (Lipinski definition) is 1.